The van der Waals surface area contributed by atoms with Gasteiger partial charge in [0.1, 0.15) is 5.82 Å². The van der Waals surface area contributed by atoms with E-state index in [0.717, 1.165) is 41.4 Å². The normalized spacial score (nSPS) is 10.8. The van der Waals surface area contributed by atoms with Gasteiger partial charge in [0.15, 0.2) is 0 Å². The maximum absolute atomic E-state index is 6.12. The molecule has 5 nitrogen and oxygen atoms in total. The van der Waals surface area contributed by atoms with E-state index in [-0.39, 0.29) is 0 Å². The number of nitrogen functional groups attached to an aromatic ring is 1. The molecule has 0 amide bonds. The Morgan fingerprint density at radius 2 is 1.74 bits per heavy atom. The lowest BCUT2D eigenvalue weighted by molar-refractivity contribution is 0.770. The first-order chi connectivity index (χ1) is 11.3. The highest BCUT2D eigenvalue weighted by atomic mass is 15.1. The number of nitrogens with zero attached hydrogens (tertiary/aromatic N) is 2. The smallest absolute Gasteiger partial charge is 0.225 e. The van der Waals surface area contributed by atoms with Gasteiger partial charge in [0.25, 0.3) is 0 Å². The molecule has 1 heterocycles. The number of anilines is 2. The first kappa shape index (κ1) is 15.2. The van der Waals surface area contributed by atoms with E-state index in [1.165, 1.54) is 0 Å². The molecule has 0 atom stereocenters. The van der Waals surface area contributed by atoms with Gasteiger partial charge in [-0.15, -0.1) is 0 Å². The van der Waals surface area contributed by atoms with Gasteiger partial charge in [0.2, 0.25) is 5.95 Å². The van der Waals surface area contributed by atoms with Crippen LogP contribution >= 0.6 is 0 Å². The average Bonchev–Trinajstić information content (AvgIpc) is 2.59. The first-order valence-electron chi connectivity index (χ1n) is 7.84. The lowest BCUT2D eigenvalue weighted by atomic mass is 10.0. The summed E-state index contributed by atoms with van der Waals surface area (Å²) >= 11 is 0. The van der Waals surface area contributed by atoms with E-state index >= 15 is 0 Å². The highest BCUT2D eigenvalue weighted by Gasteiger charge is 2.07. The zero-order chi connectivity index (χ0) is 16.1. The van der Waals surface area contributed by atoms with Crippen molar-refractivity contribution in [2.75, 3.05) is 24.1 Å². The Labute approximate surface area is 135 Å². The summed E-state index contributed by atoms with van der Waals surface area (Å²) in [6.07, 6.45) is 1.97. The number of rotatable bonds is 6. The van der Waals surface area contributed by atoms with Crippen molar-refractivity contribution in [3.63, 3.8) is 0 Å². The molecule has 2 aromatic carbocycles. The van der Waals surface area contributed by atoms with Crippen LogP contribution in [0.5, 0.6) is 0 Å². The Hall–Kier alpha value is -2.66. The first-order valence-corrected chi connectivity index (χ1v) is 7.84. The third-order valence-corrected chi connectivity index (χ3v) is 3.75. The SMILES string of the molecule is NCCCCNc1nc(N)c2cc(-c3ccccc3)ccc2n1. The molecule has 23 heavy (non-hydrogen) atoms. The molecule has 0 radical (unpaired) electrons. The van der Waals surface area contributed by atoms with Gasteiger partial charge in [-0.2, -0.15) is 4.98 Å². The quantitative estimate of drug-likeness (QED) is 0.609. The molecule has 0 aliphatic rings. The summed E-state index contributed by atoms with van der Waals surface area (Å²) in [5.41, 5.74) is 14.7. The van der Waals surface area contributed by atoms with Crippen LogP contribution in [-0.4, -0.2) is 23.1 Å². The van der Waals surface area contributed by atoms with Crippen molar-refractivity contribution in [3.05, 3.63) is 48.5 Å². The van der Waals surface area contributed by atoms with Crippen molar-refractivity contribution >= 4 is 22.7 Å². The van der Waals surface area contributed by atoms with Crippen molar-refractivity contribution < 1.29 is 0 Å². The van der Waals surface area contributed by atoms with Gasteiger partial charge in [0, 0.05) is 11.9 Å². The van der Waals surface area contributed by atoms with E-state index in [9.17, 15) is 0 Å². The molecule has 5 heteroatoms. The molecule has 3 aromatic rings. The molecule has 0 fully saturated rings. The maximum Gasteiger partial charge on any atom is 0.225 e. The van der Waals surface area contributed by atoms with E-state index in [4.69, 9.17) is 11.5 Å². The van der Waals surface area contributed by atoms with Gasteiger partial charge in [-0.1, -0.05) is 36.4 Å². The summed E-state index contributed by atoms with van der Waals surface area (Å²) in [5, 5.41) is 4.07. The van der Waals surface area contributed by atoms with Crippen molar-refractivity contribution in [2.24, 2.45) is 5.73 Å². The number of nitrogens with one attached hydrogen (secondary N) is 1. The summed E-state index contributed by atoms with van der Waals surface area (Å²) in [6.45, 7) is 1.49. The molecule has 0 aliphatic carbocycles. The average molecular weight is 307 g/mol. The molecular weight excluding hydrogens is 286 g/mol. The van der Waals surface area contributed by atoms with Crippen LogP contribution in [0.3, 0.4) is 0 Å². The predicted molar refractivity (Wildman–Crippen MR) is 96.2 cm³/mol. The Bertz CT molecular complexity index is 786. The van der Waals surface area contributed by atoms with Gasteiger partial charge in [0.05, 0.1) is 5.52 Å². The third kappa shape index (κ3) is 3.57. The second kappa shape index (κ2) is 7.07. The largest absolute Gasteiger partial charge is 0.383 e. The van der Waals surface area contributed by atoms with Crippen LogP contribution in [0.15, 0.2) is 48.5 Å². The minimum Gasteiger partial charge on any atom is -0.383 e. The summed E-state index contributed by atoms with van der Waals surface area (Å²) < 4.78 is 0. The van der Waals surface area contributed by atoms with Crippen LogP contribution in [0.1, 0.15) is 12.8 Å². The molecule has 118 valence electrons. The van der Waals surface area contributed by atoms with Gasteiger partial charge >= 0.3 is 0 Å². The monoisotopic (exact) mass is 307 g/mol. The highest BCUT2D eigenvalue weighted by molar-refractivity contribution is 5.92. The number of unbranched alkanes of at least 4 members (excludes halogenated alkanes) is 1. The van der Waals surface area contributed by atoms with Crippen molar-refractivity contribution in [1.29, 1.82) is 0 Å². The molecule has 0 bridgehead atoms. The van der Waals surface area contributed by atoms with Gasteiger partial charge in [-0.3, -0.25) is 0 Å². The molecule has 0 aliphatic heterocycles. The molecule has 5 N–H and O–H groups in total. The Morgan fingerprint density at radius 1 is 0.913 bits per heavy atom. The number of hydrogen-bond donors (Lipinski definition) is 3. The van der Waals surface area contributed by atoms with Crippen molar-refractivity contribution in [3.8, 4) is 11.1 Å². The summed E-state index contributed by atoms with van der Waals surface area (Å²) in [4.78, 5) is 8.89. The third-order valence-electron chi connectivity index (χ3n) is 3.75. The lowest BCUT2D eigenvalue weighted by Crippen LogP contribution is -2.09. The number of nitrogens with two attached hydrogens (primary N) is 2. The molecule has 0 saturated carbocycles. The van der Waals surface area contributed by atoms with Crippen LogP contribution in [0.2, 0.25) is 0 Å². The second-order valence-electron chi connectivity index (χ2n) is 5.45. The number of fused-ring (bicyclic) bond motifs is 1. The van der Waals surface area contributed by atoms with Crippen LogP contribution in [-0.2, 0) is 0 Å². The minimum atomic E-state index is 0.495. The summed E-state index contributed by atoms with van der Waals surface area (Å²) in [7, 11) is 0. The van der Waals surface area contributed by atoms with Crippen LogP contribution in [0, 0.1) is 0 Å². The molecule has 1 aromatic heterocycles. The lowest BCUT2D eigenvalue weighted by Gasteiger charge is -2.09. The number of aromatic nitrogens is 2. The van der Waals surface area contributed by atoms with Gasteiger partial charge < -0.3 is 16.8 Å². The van der Waals surface area contributed by atoms with Crippen LogP contribution in [0.25, 0.3) is 22.0 Å². The van der Waals surface area contributed by atoms with E-state index in [1.807, 2.05) is 30.3 Å². The molecule has 0 unspecified atom stereocenters. The second-order valence-corrected chi connectivity index (χ2v) is 5.45. The van der Waals surface area contributed by atoms with E-state index < -0.39 is 0 Å². The fourth-order valence-electron chi connectivity index (χ4n) is 2.51. The van der Waals surface area contributed by atoms with Gasteiger partial charge in [-0.05, 0) is 42.6 Å². The summed E-state index contributed by atoms with van der Waals surface area (Å²) in [6, 6.07) is 16.3. The number of hydrogen-bond acceptors (Lipinski definition) is 5. The molecule has 0 spiro atoms. The predicted octanol–water partition coefficient (Wildman–Crippen LogP) is 3.03. The molecule has 0 saturated heterocycles. The standard InChI is InChI=1S/C18H21N5/c19-10-4-5-11-21-18-22-16-9-8-14(12-15(16)17(20)23-18)13-6-2-1-3-7-13/h1-3,6-9,12H,4-5,10-11,19H2,(H3,20,21,22,23). The van der Waals surface area contributed by atoms with Crippen molar-refractivity contribution in [1.82, 2.24) is 9.97 Å². The Morgan fingerprint density at radius 3 is 2.52 bits per heavy atom. The summed E-state index contributed by atoms with van der Waals surface area (Å²) in [5.74, 6) is 1.06. The number of benzene rings is 2. The highest BCUT2D eigenvalue weighted by Crippen LogP contribution is 2.26. The topological polar surface area (TPSA) is 89.8 Å². The molecule has 3 rings (SSSR count). The van der Waals surface area contributed by atoms with Gasteiger partial charge in [-0.25, -0.2) is 4.98 Å². The minimum absolute atomic E-state index is 0.495. The van der Waals surface area contributed by atoms with E-state index in [2.05, 4.69) is 33.5 Å². The fraction of sp³-hybridized carbons (Fsp3) is 0.222. The maximum atomic E-state index is 6.12. The Kier molecular flexibility index (Phi) is 4.68. The van der Waals surface area contributed by atoms with Crippen LogP contribution < -0.4 is 16.8 Å². The van der Waals surface area contributed by atoms with Crippen LogP contribution in [0.4, 0.5) is 11.8 Å². The van der Waals surface area contributed by atoms with E-state index in [1.54, 1.807) is 0 Å². The van der Waals surface area contributed by atoms with Crippen molar-refractivity contribution in [2.45, 2.75) is 12.8 Å². The fourth-order valence-corrected chi connectivity index (χ4v) is 2.51. The zero-order valence-electron chi connectivity index (χ0n) is 13.0. The zero-order valence-corrected chi connectivity index (χ0v) is 13.0. The molecular formula is C18H21N5. The Balaban J connectivity index is 1.87. The van der Waals surface area contributed by atoms with E-state index in [0.29, 0.717) is 18.3 Å².